The Labute approximate surface area is 135 Å². The number of hydrogen-bond acceptors (Lipinski definition) is 2. The highest BCUT2D eigenvalue weighted by Crippen LogP contribution is 2.49. The zero-order valence-electron chi connectivity index (χ0n) is 13.1. The molecule has 0 radical (unpaired) electrons. The van der Waals surface area contributed by atoms with Crippen molar-refractivity contribution in [2.45, 2.75) is 19.3 Å². The van der Waals surface area contributed by atoms with Crippen molar-refractivity contribution in [1.29, 1.82) is 0 Å². The van der Waals surface area contributed by atoms with Gasteiger partial charge in [-0.1, -0.05) is 36.4 Å². The van der Waals surface area contributed by atoms with E-state index in [1.807, 2.05) is 12.1 Å². The minimum Gasteiger partial charge on any atom is -0.481 e. The molecule has 4 rings (SSSR count). The van der Waals surface area contributed by atoms with Crippen LogP contribution in [0.5, 0.6) is 0 Å². The van der Waals surface area contributed by atoms with E-state index in [9.17, 15) is 9.90 Å². The topological polar surface area (TPSA) is 40.5 Å². The molecule has 0 aromatic heterocycles. The van der Waals surface area contributed by atoms with Gasteiger partial charge in [0.25, 0.3) is 0 Å². The number of hydrogen-bond donors (Lipinski definition) is 1. The first-order valence-corrected chi connectivity index (χ1v) is 8.04. The molecule has 3 nitrogen and oxygen atoms in total. The van der Waals surface area contributed by atoms with Crippen molar-refractivity contribution >= 4 is 28.5 Å². The molecule has 0 spiro atoms. The van der Waals surface area contributed by atoms with Gasteiger partial charge in [-0.25, -0.2) is 0 Å². The third-order valence-electron chi connectivity index (χ3n) is 5.09. The van der Waals surface area contributed by atoms with E-state index in [0.717, 1.165) is 12.1 Å². The van der Waals surface area contributed by atoms with Crippen LogP contribution in [0.15, 0.2) is 48.5 Å². The molecule has 0 fully saturated rings. The zero-order valence-corrected chi connectivity index (χ0v) is 13.1. The molecule has 2 aliphatic rings. The molecule has 0 saturated heterocycles. The van der Waals surface area contributed by atoms with Crippen molar-refractivity contribution in [3.05, 3.63) is 59.7 Å². The quantitative estimate of drug-likeness (QED) is 0.839. The standard InChI is InChI=1S/C20H19NO2/c1-21-18-8-4-2-6-15(18)14-11-10-13(20(22)23)12-17(14)16-7-3-5-9-19(16)21/h2-9,13H,10-12H2,1H3,(H,22,23). The predicted molar refractivity (Wildman–Crippen MR) is 92.7 cm³/mol. The molecule has 1 atom stereocenters. The Morgan fingerprint density at radius 2 is 1.57 bits per heavy atom. The molecule has 23 heavy (non-hydrogen) atoms. The molecule has 1 N–H and O–H groups in total. The second kappa shape index (κ2) is 5.27. The summed E-state index contributed by atoms with van der Waals surface area (Å²) in [5.41, 5.74) is 7.28. The SMILES string of the molecule is CN1c2ccccc2C2=C(CC(C(=O)O)CC2)c2ccccc21. The summed E-state index contributed by atoms with van der Waals surface area (Å²) in [4.78, 5) is 13.7. The molecule has 3 heteroatoms. The van der Waals surface area contributed by atoms with Gasteiger partial charge in [0.05, 0.1) is 5.92 Å². The van der Waals surface area contributed by atoms with Gasteiger partial charge in [0.2, 0.25) is 0 Å². The average molecular weight is 305 g/mol. The predicted octanol–water partition coefficient (Wildman–Crippen LogP) is 4.56. The van der Waals surface area contributed by atoms with Crippen LogP contribution in [0.2, 0.25) is 0 Å². The highest BCUT2D eigenvalue weighted by atomic mass is 16.4. The van der Waals surface area contributed by atoms with Crippen LogP contribution in [0.3, 0.4) is 0 Å². The Morgan fingerprint density at radius 3 is 2.17 bits per heavy atom. The number of carbonyl (C=O) groups is 1. The largest absolute Gasteiger partial charge is 0.481 e. The van der Waals surface area contributed by atoms with Crippen molar-refractivity contribution in [2.24, 2.45) is 5.92 Å². The first kappa shape index (κ1) is 14.1. The summed E-state index contributed by atoms with van der Waals surface area (Å²) in [7, 11) is 2.09. The summed E-state index contributed by atoms with van der Waals surface area (Å²) < 4.78 is 0. The van der Waals surface area contributed by atoms with Gasteiger partial charge >= 0.3 is 5.97 Å². The molecular formula is C20H19NO2. The lowest BCUT2D eigenvalue weighted by Crippen LogP contribution is -2.18. The fourth-order valence-electron chi connectivity index (χ4n) is 3.89. The Hall–Kier alpha value is -2.55. The molecular weight excluding hydrogens is 286 g/mol. The second-order valence-electron chi connectivity index (χ2n) is 6.33. The highest BCUT2D eigenvalue weighted by Gasteiger charge is 2.31. The first-order chi connectivity index (χ1) is 11.2. The maximum absolute atomic E-state index is 11.5. The van der Waals surface area contributed by atoms with Crippen molar-refractivity contribution in [2.75, 3.05) is 11.9 Å². The number of para-hydroxylation sites is 2. The van der Waals surface area contributed by atoms with Crippen LogP contribution in [0.25, 0.3) is 11.1 Å². The lowest BCUT2D eigenvalue weighted by Gasteiger charge is -2.25. The fraction of sp³-hybridized carbons (Fsp3) is 0.250. The molecule has 0 bridgehead atoms. The molecule has 0 amide bonds. The Morgan fingerprint density at radius 1 is 1.00 bits per heavy atom. The molecule has 1 aliphatic heterocycles. The zero-order chi connectivity index (χ0) is 16.0. The molecule has 1 unspecified atom stereocenters. The number of fused-ring (bicyclic) bond motifs is 4. The molecule has 2 aromatic carbocycles. The third kappa shape index (κ3) is 2.15. The number of anilines is 2. The second-order valence-corrected chi connectivity index (χ2v) is 6.33. The van der Waals surface area contributed by atoms with Crippen molar-refractivity contribution in [1.82, 2.24) is 0 Å². The Balaban J connectivity index is 1.99. The van der Waals surface area contributed by atoms with Crippen molar-refractivity contribution in [3.63, 3.8) is 0 Å². The van der Waals surface area contributed by atoms with E-state index < -0.39 is 5.97 Å². The van der Waals surface area contributed by atoms with Crippen LogP contribution in [0, 0.1) is 5.92 Å². The summed E-state index contributed by atoms with van der Waals surface area (Å²) in [6.45, 7) is 0. The fourth-order valence-corrected chi connectivity index (χ4v) is 3.89. The Kier molecular flexibility index (Phi) is 3.22. The monoisotopic (exact) mass is 305 g/mol. The lowest BCUT2D eigenvalue weighted by atomic mass is 9.78. The van der Waals surface area contributed by atoms with Gasteiger partial charge in [-0.3, -0.25) is 4.79 Å². The molecule has 1 aliphatic carbocycles. The van der Waals surface area contributed by atoms with E-state index in [1.165, 1.54) is 28.0 Å². The summed E-state index contributed by atoms with van der Waals surface area (Å²) >= 11 is 0. The van der Waals surface area contributed by atoms with Crippen LogP contribution in [-0.4, -0.2) is 18.1 Å². The molecule has 1 heterocycles. The van der Waals surface area contributed by atoms with Crippen LogP contribution < -0.4 is 4.90 Å². The average Bonchev–Trinajstić information content (AvgIpc) is 2.70. The van der Waals surface area contributed by atoms with Gasteiger partial charge in [0.1, 0.15) is 0 Å². The van der Waals surface area contributed by atoms with Gasteiger partial charge in [-0.15, -0.1) is 0 Å². The number of carboxylic acid groups (broad SMARTS) is 1. The van der Waals surface area contributed by atoms with Gasteiger partial charge in [0, 0.05) is 29.5 Å². The number of benzene rings is 2. The van der Waals surface area contributed by atoms with E-state index in [-0.39, 0.29) is 5.92 Å². The van der Waals surface area contributed by atoms with Crippen molar-refractivity contribution in [3.8, 4) is 0 Å². The first-order valence-electron chi connectivity index (χ1n) is 8.04. The number of carboxylic acids is 1. The summed E-state index contributed by atoms with van der Waals surface area (Å²) in [6, 6.07) is 16.8. The van der Waals surface area contributed by atoms with Gasteiger partial charge in [0.15, 0.2) is 0 Å². The van der Waals surface area contributed by atoms with Crippen molar-refractivity contribution < 1.29 is 9.90 Å². The van der Waals surface area contributed by atoms with Crippen LogP contribution >= 0.6 is 0 Å². The number of nitrogens with zero attached hydrogens (tertiary/aromatic N) is 1. The van der Waals surface area contributed by atoms with E-state index in [0.29, 0.717) is 12.8 Å². The maximum atomic E-state index is 11.5. The minimum atomic E-state index is -0.681. The Bertz CT molecular complexity index is 822. The summed E-state index contributed by atoms with van der Waals surface area (Å²) in [6.07, 6.45) is 2.16. The van der Waals surface area contributed by atoms with E-state index >= 15 is 0 Å². The lowest BCUT2D eigenvalue weighted by molar-refractivity contribution is -0.141. The van der Waals surface area contributed by atoms with Crippen LogP contribution in [-0.2, 0) is 4.79 Å². The number of rotatable bonds is 1. The van der Waals surface area contributed by atoms with Gasteiger partial charge < -0.3 is 10.0 Å². The van der Waals surface area contributed by atoms with E-state index in [4.69, 9.17) is 0 Å². The number of allylic oxidation sites excluding steroid dienone is 2. The normalized spacial score (nSPS) is 19.5. The smallest absolute Gasteiger partial charge is 0.306 e. The molecule has 0 saturated carbocycles. The highest BCUT2D eigenvalue weighted by molar-refractivity contribution is 6.02. The summed E-state index contributed by atoms with van der Waals surface area (Å²) in [5.74, 6) is -0.961. The van der Waals surface area contributed by atoms with E-state index in [2.05, 4.69) is 48.3 Å². The maximum Gasteiger partial charge on any atom is 0.306 e. The van der Waals surface area contributed by atoms with Crippen LogP contribution in [0.1, 0.15) is 30.4 Å². The van der Waals surface area contributed by atoms with Gasteiger partial charge in [-0.2, -0.15) is 0 Å². The minimum absolute atomic E-state index is 0.280. The van der Waals surface area contributed by atoms with Gasteiger partial charge in [-0.05, 0) is 42.5 Å². The van der Waals surface area contributed by atoms with E-state index in [1.54, 1.807) is 0 Å². The van der Waals surface area contributed by atoms with Crippen LogP contribution in [0.4, 0.5) is 11.4 Å². The summed E-state index contributed by atoms with van der Waals surface area (Å²) in [5, 5.41) is 9.46. The molecule has 116 valence electrons. The molecule has 2 aromatic rings. The third-order valence-corrected chi connectivity index (χ3v) is 5.09. The number of aliphatic carboxylic acids is 1.